The molecule has 0 spiro atoms. The fourth-order valence-electron chi connectivity index (χ4n) is 1.85. The quantitative estimate of drug-likeness (QED) is 0.710. The van der Waals surface area contributed by atoms with E-state index in [9.17, 15) is 4.79 Å². The van der Waals surface area contributed by atoms with E-state index < -0.39 is 5.97 Å². The largest absolute Gasteiger partial charge is 0.481 e. The Morgan fingerprint density at radius 3 is 2.50 bits per heavy atom. The fourth-order valence-corrected chi connectivity index (χ4v) is 1.85. The molecule has 4 atom stereocenters. The molecule has 3 heteroatoms. The lowest BCUT2D eigenvalue weighted by Gasteiger charge is -2.37. The van der Waals surface area contributed by atoms with Gasteiger partial charge < -0.3 is 10.4 Å². The summed E-state index contributed by atoms with van der Waals surface area (Å²) in [6.07, 6.45) is 2.98. The molecule has 0 bridgehead atoms. The van der Waals surface area contributed by atoms with Gasteiger partial charge in [-0.25, -0.2) is 0 Å². The Morgan fingerprint density at radius 2 is 2.14 bits per heavy atom. The van der Waals surface area contributed by atoms with Crippen LogP contribution in [0.1, 0.15) is 40.0 Å². The van der Waals surface area contributed by atoms with Gasteiger partial charge >= 0.3 is 5.97 Å². The van der Waals surface area contributed by atoms with Crippen LogP contribution in [-0.2, 0) is 4.79 Å². The maximum Gasteiger partial charge on any atom is 0.308 e. The molecule has 2 N–H and O–H groups in total. The van der Waals surface area contributed by atoms with Crippen molar-refractivity contribution >= 4 is 5.97 Å². The zero-order valence-electron chi connectivity index (χ0n) is 9.29. The van der Waals surface area contributed by atoms with Crippen molar-refractivity contribution in [2.24, 2.45) is 11.8 Å². The van der Waals surface area contributed by atoms with Crippen LogP contribution in [0.15, 0.2) is 0 Å². The molecule has 0 heterocycles. The van der Waals surface area contributed by atoms with E-state index >= 15 is 0 Å². The highest BCUT2D eigenvalue weighted by Crippen LogP contribution is 2.28. The number of carboxylic acid groups (broad SMARTS) is 1. The first kappa shape index (κ1) is 11.5. The van der Waals surface area contributed by atoms with E-state index in [1.807, 2.05) is 0 Å². The maximum absolute atomic E-state index is 10.8. The molecule has 0 saturated heterocycles. The summed E-state index contributed by atoms with van der Waals surface area (Å²) in [5.74, 6) is -0.184. The van der Waals surface area contributed by atoms with Gasteiger partial charge in [0, 0.05) is 12.1 Å². The summed E-state index contributed by atoms with van der Waals surface area (Å²) in [6, 6.07) is 0.628. The number of carboxylic acids is 1. The highest BCUT2D eigenvalue weighted by Gasteiger charge is 2.37. The van der Waals surface area contributed by atoms with Gasteiger partial charge in [0.2, 0.25) is 0 Å². The van der Waals surface area contributed by atoms with Crippen LogP contribution in [0.4, 0.5) is 0 Å². The van der Waals surface area contributed by atoms with Crippen molar-refractivity contribution in [1.82, 2.24) is 5.32 Å². The Balaban J connectivity index is 2.34. The summed E-state index contributed by atoms with van der Waals surface area (Å²) < 4.78 is 0. The molecule has 1 saturated carbocycles. The van der Waals surface area contributed by atoms with Crippen molar-refractivity contribution in [3.05, 3.63) is 0 Å². The van der Waals surface area contributed by atoms with Crippen LogP contribution in [-0.4, -0.2) is 23.2 Å². The summed E-state index contributed by atoms with van der Waals surface area (Å²) >= 11 is 0. The second-order valence-corrected chi connectivity index (χ2v) is 4.47. The maximum atomic E-state index is 10.8. The first-order valence-electron chi connectivity index (χ1n) is 5.55. The molecule has 0 radical (unpaired) electrons. The molecular weight excluding hydrogens is 178 g/mol. The SMILES string of the molecule is CCC(C)C(C)NC1CCC1C(=O)O. The first-order valence-corrected chi connectivity index (χ1v) is 5.55. The number of nitrogens with one attached hydrogen (secondary N) is 1. The molecular formula is C11H21NO2. The average Bonchev–Trinajstić information content (AvgIpc) is 2.09. The molecule has 14 heavy (non-hydrogen) atoms. The van der Waals surface area contributed by atoms with Crippen molar-refractivity contribution in [2.75, 3.05) is 0 Å². The monoisotopic (exact) mass is 199 g/mol. The Labute approximate surface area is 85.9 Å². The van der Waals surface area contributed by atoms with E-state index in [4.69, 9.17) is 5.11 Å². The zero-order chi connectivity index (χ0) is 10.7. The summed E-state index contributed by atoms with van der Waals surface area (Å²) in [7, 11) is 0. The lowest BCUT2D eigenvalue weighted by atomic mass is 9.78. The van der Waals surface area contributed by atoms with Crippen LogP contribution in [0.2, 0.25) is 0 Å². The van der Waals surface area contributed by atoms with Crippen molar-refractivity contribution in [1.29, 1.82) is 0 Å². The van der Waals surface area contributed by atoms with Gasteiger partial charge in [-0.2, -0.15) is 0 Å². The van der Waals surface area contributed by atoms with Crippen LogP contribution in [0.3, 0.4) is 0 Å². The molecule has 1 aliphatic rings. The number of hydrogen-bond acceptors (Lipinski definition) is 2. The van der Waals surface area contributed by atoms with Gasteiger partial charge in [-0.05, 0) is 25.7 Å². The molecule has 0 aliphatic heterocycles. The minimum Gasteiger partial charge on any atom is -0.481 e. The van der Waals surface area contributed by atoms with E-state index in [0.717, 1.165) is 19.3 Å². The predicted molar refractivity (Wildman–Crippen MR) is 56.2 cm³/mol. The van der Waals surface area contributed by atoms with E-state index in [0.29, 0.717) is 12.0 Å². The highest BCUT2D eigenvalue weighted by atomic mass is 16.4. The summed E-state index contributed by atoms with van der Waals surface area (Å²) in [5, 5.41) is 12.3. The van der Waals surface area contributed by atoms with Gasteiger partial charge in [-0.3, -0.25) is 4.79 Å². The third-order valence-corrected chi connectivity index (χ3v) is 3.57. The van der Waals surface area contributed by atoms with Crippen molar-refractivity contribution in [3.8, 4) is 0 Å². The summed E-state index contributed by atoms with van der Waals surface area (Å²) in [4.78, 5) is 10.8. The van der Waals surface area contributed by atoms with Gasteiger partial charge in [-0.15, -0.1) is 0 Å². The molecule has 4 unspecified atom stereocenters. The topological polar surface area (TPSA) is 49.3 Å². The lowest BCUT2D eigenvalue weighted by molar-refractivity contribution is -0.146. The second-order valence-electron chi connectivity index (χ2n) is 4.47. The highest BCUT2D eigenvalue weighted by molar-refractivity contribution is 5.72. The molecule has 3 nitrogen and oxygen atoms in total. The first-order chi connectivity index (χ1) is 6.56. The summed E-state index contributed by atoms with van der Waals surface area (Å²) in [5.41, 5.74) is 0. The van der Waals surface area contributed by atoms with Crippen LogP contribution in [0, 0.1) is 11.8 Å². The molecule has 0 aromatic rings. The Kier molecular flexibility index (Phi) is 3.93. The smallest absolute Gasteiger partial charge is 0.308 e. The lowest BCUT2D eigenvalue weighted by Crippen LogP contribution is -2.52. The van der Waals surface area contributed by atoms with Gasteiger partial charge in [0.1, 0.15) is 0 Å². The molecule has 1 aliphatic carbocycles. The predicted octanol–water partition coefficient (Wildman–Crippen LogP) is 1.87. The van der Waals surface area contributed by atoms with Crippen LogP contribution in [0.5, 0.6) is 0 Å². The number of rotatable bonds is 5. The fraction of sp³-hybridized carbons (Fsp3) is 0.909. The van der Waals surface area contributed by atoms with Crippen molar-refractivity contribution in [2.45, 2.75) is 52.1 Å². The molecule has 1 rings (SSSR count). The zero-order valence-corrected chi connectivity index (χ0v) is 9.29. The normalized spacial score (nSPS) is 30.5. The van der Waals surface area contributed by atoms with Gasteiger partial charge in [0.05, 0.1) is 5.92 Å². The molecule has 1 fully saturated rings. The number of carbonyl (C=O) groups is 1. The molecule has 0 aromatic heterocycles. The number of hydrogen-bond donors (Lipinski definition) is 2. The van der Waals surface area contributed by atoms with Crippen molar-refractivity contribution in [3.63, 3.8) is 0 Å². The van der Waals surface area contributed by atoms with E-state index in [-0.39, 0.29) is 12.0 Å². The minimum atomic E-state index is -0.648. The summed E-state index contributed by atoms with van der Waals surface area (Å²) in [6.45, 7) is 6.51. The van der Waals surface area contributed by atoms with Crippen LogP contribution < -0.4 is 5.32 Å². The van der Waals surface area contributed by atoms with Crippen LogP contribution in [0.25, 0.3) is 0 Å². The third-order valence-electron chi connectivity index (χ3n) is 3.57. The second kappa shape index (κ2) is 4.78. The van der Waals surface area contributed by atoms with E-state index in [1.165, 1.54) is 0 Å². The van der Waals surface area contributed by atoms with Crippen LogP contribution >= 0.6 is 0 Å². The van der Waals surface area contributed by atoms with Gasteiger partial charge in [0.25, 0.3) is 0 Å². The Bertz CT molecular complexity index is 205. The van der Waals surface area contributed by atoms with E-state index in [1.54, 1.807) is 0 Å². The molecule has 0 amide bonds. The van der Waals surface area contributed by atoms with Crippen molar-refractivity contribution < 1.29 is 9.90 Å². The third kappa shape index (κ3) is 2.47. The van der Waals surface area contributed by atoms with E-state index in [2.05, 4.69) is 26.1 Å². The number of aliphatic carboxylic acids is 1. The molecule has 82 valence electrons. The van der Waals surface area contributed by atoms with Gasteiger partial charge in [0.15, 0.2) is 0 Å². The molecule has 0 aromatic carbocycles. The van der Waals surface area contributed by atoms with Gasteiger partial charge in [-0.1, -0.05) is 20.3 Å². The minimum absolute atomic E-state index is 0.151. The Hall–Kier alpha value is -0.570. The Morgan fingerprint density at radius 1 is 1.50 bits per heavy atom. The standard InChI is InChI=1S/C11H21NO2/c1-4-7(2)8(3)12-10-6-5-9(10)11(13)14/h7-10,12H,4-6H2,1-3H3,(H,13,14). The average molecular weight is 199 g/mol.